The molecule has 5 N–H and O–H groups in total. The number of amides is 2. The average Bonchev–Trinajstić information content (AvgIpc) is 3.31. The molecule has 0 fully saturated rings. The van der Waals surface area contributed by atoms with Crippen LogP contribution in [0.25, 0.3) is 16.8 Å². The summed E-state index contributed by atoms with van der Waals surface area (Å²) in [6.45, 7) is 0. The van der Waals surface area contributed by atoms with E-state index < -0.39 is 39.4 Å². The zero-order chi connectivity index (χ0) is 27.0. The number of nitrogens with two attached hydrogens (primary N) is 2. The first-order valence-electron chi connectivity index (χ1n) is 10.2. The summed E-state index contributed by atoms with van der Waals surface area (Å²) >= 11 is 0. The van der Waals surface area contributed by atoms with Crippen LogP contribution >= 0.6 is 0 Å². The molecular formula is C22H16F3N7O4S. The molecule has 0 aliphatic carbocycles. The highest BCUT2D eigenvalue weighted by Crippen LogP contribution is 2.30. The standard InChI is InChI=1S/C22H16F3N7O4S/c23-22(24,25)18-9-17(32(31-18)15-3-1-2-13(8-15)19(26)33)20(34)30-21-28-10-14(11-29-21)12-4-6-16(7-5-12)37(27,35)36/h1-11H,(H2,26,33)(H2,27,35,36)(H,28,29,30,34). The lowest BCUT2D eigenvalue weighted by atomic mass is 10.1. The Morgan fingerprint density at radius 1 is 0.946 bits per heavy atom. The SMILES string of the molecule is NC(=O)c1cccc(-n2nc(C(F)(F)F)cc2C(=O)Nc2ncc(-c3ccc(S(N)(=O)=O)cc3)cn2)c1. The fourth-order valence-corrected chi connectivity index (χ4v) is 3.73. The van der Waals surface area contributed by atoms with E-state index in [1.807, 2.05) is 0 Å². The van der Waals surface area contributed by atoms with E-state index in [0.717, 1.165) is 4.68 Å². The highest BCUT2D eigenvalue weighted by Gasteiger charge is 2.36. The molecule has 0 unspecified atom stereocenters. The van der Waals surface area contributed by atoms with Gasteiger partial charge in [-0.15, -0.1) is 0 Å². The number of hydrogen-bond acceptors (Lipinski definition) is 7. The molecule has 0 aliphatic rings. The van der Waals surface area contributed by atoms with Crippen LogP contribution in [0.3, 0.4) is 0 Å². The molecular weight excluding hydrogens is 515 g/mol. The van der Waals surface area contributed by atoms with Crippen LogP contribution in [0.4, 0.5) is 19.1 Å². The van der Waals surface area contributed by atoms with Crippen LogP contribution in [-0.2, 0) is 16.2 Å². The first kappa shape index (κ1) is 25.5. The van der Waals surface area contributed by atoms with Crippen molar-refractivity contribution in [3.8, 4) is 16.8 Å². The molecule has 2 aromatic heterocycles. The minimum Gasteiger partial charge on any atom is -0.366 e. The van der Waals surface area contributed by atoms with E-state index >= 15 is 0 Å². The Labute approximate surface area is 207 Å². The fraction of sp³-hybridized carbons (Fsp3) is 0.0455. The van der Waals surface area contributed by atoms with Gasteiger partial charge in [-0.1, -0.05) is 18.2 Å². The number of nitrogens with zero attached hydrogens (tertiary/aromatic N) is 4. The predicted octanol–water partition coefficient (Wildman–Crippen LogP) is 2.35. The van der Waals surface area contributed by atoms with Crippen molar-refractivity contribution in [1.29, 1.82) is 0 Å². The van der Waals surface area contributed by atoms with Crippen LogP contribution in [0, 0.1) is 0 Å². The highest BCUT2D eigenvalue weighted by molar-refractivity contribution is 7.89. The average molecular weight is 531 g/mol. The first-order valence-corrected chi connectivity index (χ1v) is 11.7. The summed E-state index contributed by atoms with van der Waals surface area (Å²) < 4.78 is 63.5. The van der Waals surface area contributed by atoms with Crippen molar-refractivity contribution < 1.29 is 31.2 Å². The van der Waals surface area contributed by atoms with Crippen molar-refractivity contribution >= 4 is 27.8 Å². The Morgan fingerprint density at radius 2 is 1.59 bits per heavy atom. The van der Waals surface area contributed by atoms with Crippen LogP contribution in [0.2, 0.25) is 0 Å². The molecule has 15 heteroatoms. The number of sulfonamides is 1. The fourth-order valence-electron chi connectivity index (χ4n) is 3.21. The molecule has 0 bridgehead atoms. The molecule has 37 heavy (non-hydrogen) atoms. The molecule has 0 spiro atoms. The highest BCUT2D eigenvalue weighted by atomic mass is 32.2. The van der Waals surface area contributed by atoms with Gasteiger partial charge in [-0.05, 0) is 35.9 Å². The lowest BCUT2D eigenvalue weighted by molar-refractivity contribution is -0.141. The molecule has 4 rings (SSSR count). The summed E-state index contributed by atoms with van der Waals surface area (Å²) in [5, 5.41) is 10.9. The molecule has 2 aromatic carbocycles. The van der Waals surface area contributed by atoms with Crippen molar-refractivity contribution in [3.05, 3.63) is 83.9 Å². The minimum atomic E-state index is -4.85. The number of halogens is 3. The van der Waals surface area contributed by atoms with E-state index in [1.54, 1.807) is 0 Å². The summed E-state index contributed by atoms with van der Waals surface area (Å²) in [4.78, 5) is 32.2. The molecule has 0 saturated heterocycles. The summed E-state index contributed by atoms with van der Waals surface area (Å²) in [6, 6.07) is 11.4. The van der Waals surface area contributed by atoms with E-state index in [2.05, 4.69) is 20.4 Å². The molecule has 4 aromatic rings. The number of carbonyl (C=O) groups excluding carboxylic acids is 2. The Morgan fingerprint density at radius 3 is 2.16 bits per heavy atom. The van der Waals surface area contributed by atoms with Crippen molar-refractivity contribution in [1.82, 2.24) is 19.7 Å². The number of primary amides is 1. The normalized spacial score (nSPS) is 11.8. The van der Waals surface area contributed by atoms with Crippen LogP contribution in [-0.4, -0.2) is 40.0 Å². The van der Waals surface area contributed by atoms with Crippen molar-refractivity contribution in [2.45, 2.75) is 11.1 Å². The Kier molecular flexibility index (Phi) is 6.49. The molecule has 0 atom stereocenters. The number of aromatic nitrogens is 4. The number of carbonyl (C=O) groups is 2. The van der Waals surface area contributed by atoms with Gasteiger partial charge in [-0.3, -0.25) is 14.9 Å². The second-order valence-electron chi connectivity index (χ2n) is 7.56. The number of nitrogens with one attached hydrogen (secondary N) is 1. The zero-order valence-electron chi connectivity index (χ0n) is 18.5. The smallest absolute Gasteiger partial charge is 0.366 e. The Hall–Kier alpha value is -4.63. The number of primary sulfonamides is 1. The number of hydrogen-bond donors (Lipinski definition) is 3. The maximum atomic E-state index is 13.3. The van der Waals surface area contributed by atoms with E-state index in [9.17, 15) is 31.2 Å². The van der Waals surface area contributed by atoms with Gasteiger partial charge in [0.2, 0.25) is 21.9 Å². The van der Waals surface area contributed by atoms with Gasteiger partial charge in [-0.2, -0.15) is 18.3 Å². The third-order valence-electron chi connectivity index (χ3n) is 5.00. The van der Waals surface area contributed by atoms with Crippen molar-refractivity contribution in [2.75, 3.05) is 5.32 Å². The van der Waals surface area contributed by atoms with Gasteiger partial charge in [0, 0.05) is 29.6 Å². The number of alkyl halides is 3. The largest absolute Gasteiger partial charge is 0.435 e. The lowest BCUT2D eigenvalue weighted by Gasteiger charge is -2.09. The van der Waals surface area contributed by atoms with Gasteiger partial charge in [0.25, 0.3) is 5.91 Å². The molecule has 0 saturated carbocycles. The van der Waals surface area contributed by atoms with Crippen LogP contribution < -0.4 is 16.2 Å². The van der Waals surface area contributed by atoms with Gasteiger partial charge < -0.3 is 5.73 Å². The van der Waals surface area contributed by atoms with Crippen molar-refractivity contribution in [2.24, 2.45) is 10.9 Å². The van der Waals surface area contributed by atoms with Crippen molar-refractivity contribution in [3.63, 3.8) is 0 Å². The number of anilines is 1. The third kappa shape index (κ3) is 5.62. The summed E-state index contributed by atoms with van der Waals surface area (Å²) in [5.74, 6) is -2.04. The molecule has 0 radical (unpaired) electrons. The number of rotatable bonds is 6. The monoisotopic (exact) mass is 531 g/mol. The van der Waals surface area contributed by atoms with E-state index in [-0.39, 0.29) is 22.1 Å². The van der Waals surface area contributed by atoms with Crippen LogP contribution in [0.15, 0.2) is 71.9 Å². The van der Waals surface area contributed by atoms with Gasteiger partial charge in [0.05, 0.1) is 10.6 Å². The predicted molar refractivity (Wildman–Crippen MR) is 124 cm³/mol. The first-order chi connectivity index (χ1) is 17.3. The quantitative estimate of drug-likeness (QED) is 0.342. The molecule has 2 heterocycles. The molecule has 2 amide bonds. The summed E-state index contributed by atoms with van der Waals surface area (Å²) in [5.41, 5.74) is 4.42. The van der Waals surface area contributed by atoms with E-state index in [1.165, 1.54) is 60.9 Å². The van der Waals surface area contributed by atoms with Gasteiger partial charge in [0.15, 0.2) is 5.69 Å². The molecule has 0 aliphatic heterocycles. The zero-order valence-corrected chi connectivity index (χ0v) is 19.3. The van der Waals surface area contributed by atoms with E-state index in [0.29, 0.717) is 17.2 Å². The topological polar surface area (TPSA) is 176 Å². The molecule has 190 valence electrons. The second kappa shape index (κ2) is 9.44. The second-order valence-corrected chi connectivity index (χ2v) is 9.12. The summed E-state index contributed by atoms with van der Waals surface area (Å²) in [6.07, 6.45) is -2.20. The lowest BCUT2D eigenvalue weighted by Crippen LogP contribution is -2.19. The summed E-state index contributed by atoms with van der Waals surface area (Å²) in [7, 11) is -3.87. The van der Waals surface area contributed by atoms with Crippen LogP contribution in [0.5, 0.6) is 0 Å². The minimum absolute atomic E-state index is 0.00356. The molecule has 11 nitrogen and oxygen atoms in total. The third-order valence-corrected chi connectivity index (χ3v) is 5.93. The Balaban J connectivity index is 1.62. The number of benzene rings is 2. The Bertz CT molecular complexity index is 1600. The van der Waals surface area contributed by atoms with Gasteiger partial charge >= 0.3 is 6.18 Å². The maximum absolute atomic E-state index is 13.3. The van der Waals surface area contributed by atoms with Crippen LogP contribution in [0.1, 0.15) is 26.5 Å². The maximum Gasteiger partial charge on any atom is 0.435 e. The van der Waals surface area contributed by atoms with Gasteiger partial charge in [-0.25, -0.2) is 28.2 Å². The van der Waals surface area contributed by atoms with Gasteiger partial charge in [0.1, 0.15) is 5.69 Å². The van der Waals surface area contributed by atoms with E-state index in [4.69, 9.17) is 10.9 Å².